The average Bonchev–Trinajstić information content (AvgIpc) is 2.91. The minimum atomic E-state index is -0.637. The molecular formula is C28H24BrN3O6. The largest absolute Gasteiger partial charge is 0.493 e. The molecule has 0 aliphatic heterocycles. The molecule has 0 bridgehead atoms. The monoisotopic (exact) mass is 577 g/mol. The molecule has 0 radical (unpaired) electrons. The highest BCUT2D eigenvalue weighted by Crippen LogP contribution is 2.37. The Hall–Kier alpha value is -4.62. The van der Waals surface area contributed by atoms with Gasteiger partial charge in [-0.25, -0.2) is 4.79 Å². The number of carbonyl (C=O) groups is 3. The van der Waals surface area contributed by atoms with Gasteiger partial charge in [-0.15, -0.1) is 0 Å². The molecule has 38 heavy (non-hydrogen) atoms. The molecule has 0 aliphatic rings. The molecule has 0 aromatic heterocycles. The van der Waals surface area contributed by atoms with E-state index in [4.69, 9.17) is 9.47 Å². The van der Waals surface area contributed by atoms with Crippen molar-refractivity contribution in [2.45, 2.75) is 6.92 Å². The van der Waals surface area contributed by atoms with E-state index in [0.29, 0.717) is 38.5 Å². The topological polar surface area (TPSA) is 127 Å². The predicted molar refractivity (Wildman–Crippen MR) is 146 cm³/mol. The second-order valence-electron chi connectivity index (χ2n) is 7.88. The van der Waals surface area contributed by atoms with Gasteiger partial charge >= 0.3 is 5.97 Å². The summed E-state index contributed by atoms with van der Waals surface area (Å²) in [5.41, 5.74) is 2.66. The van der Waals surface area contributed by atoms with Crippen LogP contribution < -0.4 is 20.1 Å². The van der Waals surface area contributed by atoms with Gasteiger partial charge in [-0.1, -0.05) is 18.2 Å². The second-order valence-corrected chi connectivity index (χ2v) is 8.73. The Morgan fingerprint density at radius 1 is 1.03 bits per heavy atom. The number of nitriles is 1. The number of aryl methyl sites for hydroxylation is 1. The number of benzene rings is 3. The number of halogens is 1. The Balaban J connectivity index is 1.72. The maximum atomic E-state index is 12.7. The summed E-state index contributed by atoms with van der Waals surface area (Å²) < 4.78 is 16.2. The van der Waals surface area contributed by atoms with Crippen LogP contribution in [0.25, 0.3) is 6.08 Å². The minimum Gasteiger partial charge on any atom is -0.493 e. The van der Waals surface area contributed by atoms with Gasteiger partial charge in [0.2, 0.25) is 0 Å². The van der Waals surface area contributed by atoms with Gasteiger partial charge in [-0.2, -0.15) is 5.26 Å². The van der Waals surface area contributed by atoms with Crippen LogP contribution in [0.5, 0.6) is 11.5 Å². The fourth-order valence-electron chi connectivity index (χ4n) is 3.32. The third kappa shape index (κ3) is 7.21. The first kappa shape index (κ1) is 28.0. The summed E-state index contributed by atoms with van der Waals surface area (Å²) in [5, 5.41) is 15.0. The standard InChI is InChI=1S/C28H24BrN3O6/c1-17-6-4-5-7-23(17)32-25(33)16-38-26-22(29)13-18(14-24(26)36-2)12-20(15-30)27(34)31-21-10-8-19(9-11-21)28(35)37-3/h4-14H,16H2,1-3H3,(H,31,34)(H,32,33)/b20-12-. The van der Waals surface area contributed by atoms with Crippen molar-refractivity contribution in [2.75, 3.05) is 31.5 Å². The number of rotatable bonds is 9. The third-order valence-corrected chi connectivity index (χ3v) is 5.85. The van der Waals surface area contributed by atoms with Crippen molar-refractivity contribution >= 4 is 51.2 Å². The molecule has 2 amide bonds. The highest BCUT2D eigenvalue weighted by Gasteiger charge is 2.16. The zero-order valence-corrected chi connectivity index (χ0v) is 22.4. The van der Waals surface area contributed by atoms with E-state index < -0.39 is 11.9 Å². The van der Waals surface area contributed by atoms with Gasteiger partial charge in [0.1, 0.15) is 11.6 Å². The summed E-state index contributed by atoms with van der Waals surface area (Å²) >= 11 is 3.41. The molecule has 2 N–H and O–H groups in total. The number of ether oxygens (including phenoxy) is 3. The summed E-state index contributed by atoms with van der Waals surface area (Å²) in [6.07, 6.45) is 1.39. The lowest BCUT2D eigenvalue weighted by Crippen LogP contribution is -2.21. The highest BCUT2D eigenvalue weighted by atomic mass is 79.9. The van der Waals surface area contributed by atoms with E-state index in [1.54, 1.807) is 18.2 Å². The molecule has 0 saturated carbocycles. The number of para-hydroxylation sites is 1. The number of nitrogens with zero attached hydrogens (tertiary/aromatic N) is 1. The molecule has 194 valence electrons. The Bertz CT molecular complexity index is 1430. The lowest BCUT2D eigenvalue weighted by atomic mass is 10.1. The van der Waals surface area contributed by atoms with Crippen molar-refractivity contribution in [1.82, 2.24) is 0 Å². The van der Waals surface area contributed by atoms with Crippen LogP contribution in [0.4, 0.5) is 11.4 Å². The van der Waals surface area contributed by atoms with E-state index in [0.717, 1.165) is 5.56 Å². The van der Waals surface area contributed by atoms with Gasteiger partial charge in [-0.3, -0.25) is 9.59 Å². The van der Waals surface area contributed by atoms with Crippen molar-refractivity contribution < 1.29 is 28.6 Å². The summed E-state index contributed by atoms with van der Waals surface area (Å²) in [5.74, 6) is -0.898. The number of carbonyl (C=O) groups excluding carboxylic acids is 3. The zero-order valence-electron chi connectivity index (χ0n) is 20.8. The lowest BCUT2D eigenvalue weighted by Gasteiger charge is -2.14. The molecular weight excluding hydrogens is 554 g/mol. The molecule has 3 aromatic rings. The molecule has 3 rings (SSSR count). The predicted octanol–water partition coefficient (Wildman–Crippen LogP) is 5.12. The third-order valence-electron chi connectivity index (χ3n) is 5.26. The fraction of sp³-hybridized carbons (Fsp3) is 0.143. The Morgan fingerprint density at radius 3 is 2.37 bits per heavy atom. The van der Waals surface area contributed by atoms with E-state index in [-0.39, 0.29) is 18.1 Å². The van der Waals surface area contributed by atoms with Gasteiger partial charge in [0, 0.05) is 11.4 Å². The molecule has 0 saturated heterocycles. The van der Waals surface area contributed by atoms with E-state index in [1.165, 1.54) is 44.6 Å². The molecule has 0 heterocycles. The summed E-state index contributed by atoms with van der Waals surface area (Å²) in [6.45, 7) is 1.62. The number of amides is 2. The number of methoxy groups -OCH3 is 2. The Kier molecular flexibility index (Phi) is 9.62. The van der Waals surface area contributed by atoms with E-state index >= 15 is 0 Å². The minimum absolute atomic E-state index is 0.165. The second kappa shape index (κ2) is 13.1. The number of nitrogens with one attached hydrogen (secondary N) is 2. The molecule has 0 spiro atoms. The molecule has 0 unspecified atom stereocenters. The lowest BCUT2D eigenvalue weighted by molar-refractivity contribution is -0.118. The fourth-order valence-corrected chi connectivity index (χ4v) is 3.90. The summed E-state index contributed by atoms with van der Waals surface area (Å²) in [7, 11) is 2.71. The highest BCUT2D eigenvalue weighted by molar-refractivity contribution is 9.10. The molecule has 0 fully saturated rings. The average molecular weight is 578 g/mol. The van der Waals surface area contributed by atoms with Crippen LogP contribution in [-0.4, -0.2) is 38.6 Å². The van der Waals surface area contributed by atoms with E-state index in [2.05, 4.69) is 31.3 Å². The zero-order chi connectivity index (χ0) is 27.7. The van der Waals surface area contributed by atoms with Crippen LogP contribution >= 0.6 is 15.9 Å². The van der Waals surface area contributed by atoms with Crippen LogP contribution in [0.15, 0.2) is 70.7 Å². The molecule has 3 aromatic carbocycles. The van der Waals surface area contributed by atoms with Crippen LogP contribution in [0.2, 0.25) is 0 Å². The van der Waals surface area contributed by atoms with Gasteiger partial charge in [-0.05, 0) is 82.5 Å². The van der Waals surface area contributed by atoms with Gasteiger partial charge in [0.15, 0.2) is 18.1 Å². The normalized spacial score (nSPS) is 10.7. The number of hydrogen-bond acceptors (Lipinski definition) is 7. The van der Waals surface area contributed by atoms with Crippen LogP contribution in [0.3, 0.4) is 0 Å². The van der Waals surface area contributed by atoms with Gasteiger partial charge in [0.05, 0.1) is 24.3 Å². The Labute approximate surface area is 228 Å². The van der Waals surface area contributed by atoms with Crippen molar-refractivity contribution in [3.8, 4) is 17.6 Å². The molecule has 0 atom stereocenters. The van der Waals surface area contributed by atoms with Crippen molar-refractivity contribution in [1.29, 1.82) is 5.26 Å². The first-order chi connectivity index (χ1) is 18.2. The van der Waals surface area contributed by atoms with Crippen molar-refractivity contribution in [3.63, 3.8) is 0 Å². The maximum Gasteiger partial charge on any atom is 0.337 e. The van der Waals surface area contributed by atoms with Crippen LogP contribution in [0.1, 0.15) is 21.5 Å². The quantitative estimate of drug-likeness (QED) is 0.205. The number of esters is 1. The molecule has 10 heteroatoms. The van der Waals surface area contributed by atoms with Crippen LogP contribution in [-0.2, 0) is 14.3 Å². The van der Waals surface area contributed by atoms with Gasteiger partial charge < -0.3 is 24.8 Å². The van der Waals surface area contributed by atoms with Gasteiger partial charge in [0.25, 0.3) is 11.8 Å². The first-order valence-electron chi connectivity index (χ1n) is 11.2. The number of hydrogen-bond donors (Lipinski definition) is 2. The summed E-state index contributed by atoms with van der Waals surface area (Å²) in [6, 6.07) is 18.5. The molecule has 0 aliphatic carbocycles. The van der Waals surface area contributed by atoms with E-state index in [9.17, 15) is 19.6 Å². The smallest absolute Gasteiger partial charge is 0.337 e. The maximum absolute atomic E-state index is 12.7. The number of anilines is 2. The van der Waals surface area contributed by atoms with Crippen molar-refractivity contribution in [2.24, 2.45) is 0 Å². The van der Waals surface area contributed by atoms with Crippen molar-refractivity contribution in [3.05, 3.63) is 87.4 Å². The molecule has 9 nitrogen and oxygen atoms in total. The Morgan fingerprint density at radius 2 is 1.74 bits per heavy atom. The SMILES string of the molecule is COC(=O)c1ccc(NC(=O)/C(C#N)=C\c2cc(Br)c(OCC(=O)Nc3ccccc3C)c(OC)c2)cc1. The summed E-state index contributed by atoms with van der Waals surface area (Å²) in [4.78, 5) is 36.6. The first-order valence-corrected chi connectivity index (χ1v) is 12.0. The van der Waals surface area contributed by atoms with Crippen LogP contribution in [0, 0.1) is 18.3 Å². The van der Waals surface area contributed by atoms with E-state index in [1.807, 2.05) is 31.2 Å².